The lowest BCUT2D eigenvalue weighted by atomic mass is 10.2. The topological polar surface area (TPSA) is 130 Å². The van der Waals surface area contributed by atoms with E-state index in [-0.39, 0.29) is 23.7 Å². The van der Waals surface area contributed by atoms with Crippen LogP contribution in [0.15, 0.2) is 48.5 Å². The summed E-state index contributed by atoms with van der Waals surface area (Å²) in [4.78, 5) is 46.0. The van der Waals surface area contributed by atoms with Gasteiger partial charge in [-0.05, 0) is 31.2 Å². The van der Waals surface area contributed by atoms with E-state index in [1.807, 2.05) is 0 Å². The van der Waals surface area contributed by atoms with Crippen LogP contribution in [-0.2, 0) is 4.79 Å². The molecule has 0 unspecified atom stereocenters. The lowest BCUT2D eigenvalue weighted by Crippen LogP contribution is -2.33. The quantitative estimate of drug-likeness (QED) is 0.504. The summed E-state index contributed by atoms with van der Waals surface area (Å²) in [7, 11) is 0. The predicted molar refractivity (Wildman–Crippen MR) is 98.5 cm³/mol. The van der Waals surface area contributed by atoms with Gasteiger partial charge in [0.05, 0.1) is 11.5 Å². The molecule has 3 N–H and O–H groups in total. The maximum absolute atomic E-state index is 12.0. The summed E-state index contributed by atoms with van der Waals surface area (Å²) in [5.41, 5.74) is 0.674. The second-order valence-electron chi connectivity index (χ2n) is 5.48. The molecule has 2 aromatic rings. The highest BCUT2D eigenvalue weighted by Gasteiger charge is 2.13. The highest BCUT2D eigenvalue weighted by molar-refractivity contribution is 6.00. The van der Waals surface area contributed by atoms with Gasteiger partial charge in [-0.2, -0.15) is 0 Å². The van der Waals surface area contributed by atoms with Gasteiger partial charge >= 0.3 is 0 Å². The molecule has 0 spiro atoms. The summed E-state index contributed by atoms with van der Waals surface area (Å²) >= 11 is 0. The zero-order chi connectivity index (χ0) is 19.8. The van der Waals surface area contributed by atoms with Crippen LogP contribution in [-0.4, -0.2) is 35.7 Å². The largest absolute Gasteiger partial charge is 0.352 e. The van der Waals surface area contributed by atoms with E-state index in [2.05, 4.69) is 16.0 Å². The number of nitro benzene ring substituents is 1. The molecule has 0 fully saturated rings. The van der Waals surface area contributed by atoms with E-state index in [1.54, 1.807) is 25.1 Å². The fourth-order valence-corrected chi connectivity index (χ4v) is 2.23. The zero-order valence-corrected chi connectivity index (χ0v) is 14.5. The number of nitro groups is 1. The number of rotatable bonds is 7. The van der Waals surface area contributed by atoms with E-state index in [0.29, 0.717) is 17.8 Å². The fraction of sp³-hybridized carbons (Fsp3) is 0.167. The number of non-ortho nitro benzene ring substituents is 1. The molecule has 0 radical (unpaired) electrons. The Bertz CT molecular complexity index is 882. The first-order valence-corrected chi connectivity index (χ1v) is 8.11. The Morgan fingerprint density at radius 2 is 1.59 bits per heavy atom. The van der Waals surface area contributed by atoms with Crippen molar-refractivity contribution in [3.05, 3.63) is 69.8 Å². The zero-order valence-electron chi connectivity index (χ0n) is 14.5. The molecule has 9 heteroatoms. The third-order valence-electron chi connectivity index (χ3n) is 3.47. The van der Waals surface area contributed by atoms with Gasteiger partial charge in [0, 0.05) is 35.5 Å². The normalized spacial score (nSPS) is 9.96. The maximum Gasteiger partial charge on any atom is 0.270 e. The Balaban J connectivity index is 1.93. The first-order chi connectivity index (χ1) is 12.9. The number of amides is 3. The molecule has 0 aliphatic carbocycles. The van der Waals surface area contributed by atoms with Crippen molar-refractivity contribution in [3.8, 4) is 0 Å². The highest BCUT2D eigenvalue weighted by Crippen LogP contribution is 2.13. The molecule has 0 aliphatic rings. The molecule has 0 bridgehead atoms. The van der Waals surface area contributed by atoms with Crippen molar-refractivity contribution in [1.82, 2.24) is 10.6 Å². The third-order valence-corrected chi connectivity index (χ3v) is 3.47. The first kappa shape index (κ1) is 19.6. The number of nitrogens with one attached hydrogen (secondary N) is 3. The third kappa shape index (κ3) is 5.63. The van der Waals surface area contributed by atoms with Crippen LogP contribution in [0, 0.1) is 10.1 Å². The minimum absolute atomic E-state index is 0.0789. The number of benzene rings is 2. The summed E-state index contributed by atoms with van der Waals surface area (Å²) in [5, 5.41) is 18.4. The van der Waals surface area contributed by atoms with E-state index in [4.69, 9.17) is 0 Å². The van der Waals surface area contributed by atoms with Crippen LogP contribution in [0.25, 0.3) is 0 Å². The van der Waals surface area contributed by atoms with Gasteiger partial charge in [-0.1, -0.05) is 12.1 Å². The van der Waals surface area contributed by atoms with Crippen molar-refractivity contribution in [2.24, 2.45) is 0 Å². The van der Waals surface area contributed by atoms with Gasteiger partial charge in [-0.15, -0.1) is 0 Å². The molecule has 27 heavy (non-hydrogen) atoms. The van der Waals surface area contributed by atoms with Gasteiger partial charge in [0.25, 0.3) is 17.5 Å². The van der Waals surface area contributed by atoms with Gasteiger partial charge < -0.3 is 16.0 Å². The number of nitrogens with zero attached hydrogens (tertiary/aromatic N) is 1. The average molecular weight is 370 g/mol. The summed E-state index contributed by atoms with van der Waals surface area (Å²) in [6, 6.07) is 11.6. The molecule has 0 aromatic heterocycles. The Morgan fingerprint density at radius 1 is 0.963 bits per heavy atom. The summed E-state index contributed by atoms with van der Waals surface area (Å²) in [6.45, 7) is 1.96. The number of carbonyl (C=O) groups is 3. The smallest absolute Gasteiger partial charge is 0.270 e. The molecular weight excluding hydrogens is 352 g/mol. The minimum atomic E-state index is -0.607. The minimum Gasteiger partial charge on any atom is -0.352 e. The molecular formula is C18H18N4O5. The van der Waals surface area contributed by atoms with Crippen molar-refractivity contribution < 1.29 is 19.3 Å². The van der Waals surface area contributed by atoms with E-state index in [9.17, 15) is 24.5 Å². The molecule has 2 rings (SSSR count). The molecule has 0 heterocycles. The summed E-state index contributed by atoms with van der Waals surface area (Å²) in [6.07, 6.45) is 0. The molecule has 9 nitrogen and oxygen atoms in total. The van der Waals surface area contributed by atoms with Crippen LogP contribution in [0.4, 0.5) is 11.4 Å². The molecule has 0 aliphatic heterocycles. The number of hydrogen-bond acceptors (Lipinski definition) is 5. The molecule has 0 saturated heterocycles. The predicted octanol–water partition coefficient (Wildman–Crippen LogP) is 1.71. The molecule has 0 atom stereocenters. The average Bonchev–Trinajstić information content (AvgIpc) is 2.66. The number of hydrogen-bond donors (Lipinski definition) is 3. The fourth-order valence-electron chi connectivity index (χ4n) is 2.23. The number of anilines is 1. The molecule has 2 aromatic carbocycles. The van der Waals surface area contributed by atoms with E-state index in [1.165, 1.54) is 24.3 Å². The Morgan fingerprint density at radius 3 is 2.26 bits per heavy atom. The Labute approximate surface area is 154 Å². The van der Waals surface area contributed by atoms with Crippen LogP contribution in [0.1, 0.15) is 27.6 Å². The summed E-state index contributed by atoms with van der Waals surface area (Å²) < 4.78 is 0. The van der Waals surface area contributed by atoms with Gasteiger partial charge in [0.1, 0.15) is 0 Å². The second kappa shape index (κ2) is 9.09. The van der Waals surface area contributed by atoms with Crippen LogP contribution < -0.4 is 16.0 Å². The van der Waals surface area contributed by atoms with Crippen LogP contribution in [0.3, 0.4) is 0 Å². The van der Waals surface area contributed by atoms with Gasteiger partial charge in [0.15, 0.2) is 0 Å². The highest BCUT2D eigenvalue weighted by atomic mass is 16.6. The van der Waals surface area contributed by atoms with Crippen molar-refractivity contribution in [2.75, 3.05) is 18.4 Å². The first-order valence-electron chi connectivity index (χ1n) is 8.11. The summed E-state index contributed by atoms with van der Waals surface area (Å²) in [5.74, 6) is -1.36. The van der Waals surface area contributed by atoms with Gasteiger partial charge in [0.2, 0.25) is 5.91 Å². The van der Waals surface area contributed by atoms with Crippen molar-refractivity contribution in [2.45, 2.75) is 6.92 Å². The van der Waals surface area contributed by atoms with Crippen LogP contribution >= 0.6 is 0 Å². The lowest BCUT2D eigenvalue weighted by molar-refractivity contribution is -0.384. The van der Waals surface area contributed by atoms with Crippen LogP contribution in [0.5, 0.6) is 0 Å². The number of carbonyl (C=O) groups excluding carboxylic acids is 3. The van der Waals surface area contributed by atoms with Gasteiger partial charge in [-0.25, -0.2) is 0 Å². The van der Waals surface area contributed by atoms with E-state index in [0.717, 1.165) is 6.07 Å². The maximum atomic E-state index is 12.0. The Hall–Kier alpha value is -3.75. The van der Waals surface area contributed by atoms with Crippen molar-refractivity contribution in [1.29, 1.82) is 0 Å². The monoisotopic (exact) mass is 370 g/mol. The van der Waals surface area contributed by atoms with Gasteiger partial charge in [-0.3, -0.25) is 24.5 Å². The SMILES string of the molecule is CCNC(=O)c1cccc(NC(=O)CNC(=O)c2cccc([N+](=O)[O-])c2)c1. The lowest BCUT2D eigenvalue weighted by Gasteiger charge is -2.09. The van der Waals surface area contributed by atoms with Crippen molar-refractivity contribution >= 4 is 29.1 Å². The molecule has 140 valence electrons. The van der Waals surface area contributed by atoms with Crippen molar-refractivity contribution in [3.63, 3.8) is 0 Å². The molecule has 0 saturated carbocycles. The Kier molecular flexibility index (Phi) is 6.59. The standard InChI is InChI=1S/C18H18N4O5/c1-2-19-17(24)12-5-3-7-14(9-12)21-16(23)11-20-18(25)13-6-4-8-15(10-13)22(26)27/h3-10H,2,11H2,1H3,(H,19,24)(H,20,25)(H,21,23). The molecule has 3 amide bonds. The van der Waals surface area contributed by atoms with E-state index < -0.39 is 16.7 Å². The van der Waals surface area contributed by atoms with Crippen LogP contribution in [0.2, 0.25) is 0 Å². The second-order valence-corrected chi connectivity index (χ2v) is 5.48. The van der Waals surface area contributed by atoms with E-state index >= 15 is 0 Å².